The molecule has 9 heteroatoms. The molecule has 9 nitrogen and oxygen atoms in total. The predicted octanol–water partition coefficient (Wildman–Crippen LogP) is 1.69. The zero-order chi connectivity index (χ0) is 17.4. The second-order valence-corrected chi connectivity index (χ2v) is 6.58. The topological polar surface area (TPSA) is 93.7 Å². The van der Waals surface area contributed by atoms with Crippen LogP contribution in [0.15, 0.2) is 0 Å². The van der Waals surface area contributed by atoms with E-state index in [1.807, 2.05) is 25.7 Å². The van der Waals surface area contributed by atoms with E-state index in [2.05, 4.69) is 4.98 Å². The zero-order valence-electron chi connectivity index (χ0n) is 14.2. The molecule has 0 aliphatic carbocycles. The first-order chi connectivity index (χ1) is 10.6. The number of nitro groups is 1. The number of ether oxygens (including phenoxy) is 1. The molecule has 2 rings (SSSR count). The van der Waals surface area contributed by atoms with Gasteiger partial charge in [0.1, 0.15) is 5.60 Å². The van der Waals surface area contributed by atoms with Gasteiger partial charge >= 0.3 is 11.9 Å². The fourth-order valence-electron chi connectivity index (χ4n) is 2.48. The SMILES string of the molecule is Cc1nc([N+](=O)[O-])c(N2CCN(C(=O)OC(C)(C)C)CC2)n1C. The second-order valence-electron chi connectivity index (χ2n) is 6.58. The lowest BCUT2D eigenvalue weighted by molar-refractivity contribution is -0.388. The van der Waals surface area contributed by atoms with Gasteiger partial charge in [-0.05, 0) is 30.7 Å². The lowest BCUT2D eigenvalue weighted by atomic mass is 10.2. The van der Waals surface area contributed by atoms with E-state index in [4.69, 9.17) is 4.74 Å². The van der Waals surface area contributed by atoms with Crippen LogP contribution in [0.3, 0.4) is 0 Å². The highest BCUT2D eigenvalue weighted by Crippen LogP contribution is 2.29. The number of anilines is 1. The van der Waals surface area contributed by atoms with E-state index in [1.165, 1.54) is 0 Å². The van der Waals surface area contributed by atoms with Crippen molar-refractivity contribution in [2.75, 3.05) is 31.1 Å². The van der Waals surface area contributed by atoms with Crippen molar-refractivity contribution in [1.29, 1.82) is 0 Å². The number of nitrogens with zero attached hydrogens (tertiary/aromatic N) is 5. The van der Waals surface area contributed by atoms with Gasteiger partial charge in [-0.3, -0.25) is 4.57 Å². The third-order valence-corrected chi connectivity index (χ3v) is 3.67. The summed E-state index contributed by atoms with van der Waals surface area (Å²) in [6, 6.07) is 0. The van der Waals surface area contributed by atoms with Crippen LogP contribution >= 0.6 is 0 Å². The van der Waals surface area contributed by atoms with Crippen molar-refractivity contribution >= 4 is 17.7 Å². The monoisotopic (exact) mass is 325 g/mol. The molecule has 0 radical (unpaired) electrons. The summed E-state index contributed by atoms with van der Waals surface area (Å²) in [6.45, 7) is 9.10. The minimum atomic E-state index is -0.536. The molecule has 1 aliphatic heterocycles. The van der Waals surface area contributed by atoms with Crippen LogP contribution < -0.4 is 4.90 Å². The minimum absolute atomic E-state index is 0.143. The fourth-order valence-corrected chi connectivity index (χ4v) is 2.48. The number of amides is 1. The third kappa shape index (κ3) is 3.72. The Morgan fingerprint density at radius 1 is 1.26 bits per heavy atom. The van der Waals surface area contributed by atoms with Gasteiger partial charge in [-0.25, -0.2) is 4.79 Å². The number of hydrogen-bond donors (Lipinski definition) is 0. The van der Waals surface area contributed by atoms with Gasteiger partial charge in [0, 0.05) is 40.2 Å². The average molecular weight is 325 g/mol. The summed E-state index contributed by atoms with van der Waals surface area (Å²) in [4.78, 5) is 30.3. The van der Waals surface area contributed by atoms with E-state index >= 15 is 0 Å². The molecule has 128 valence electrons. The first-order valence-electron chi connectivity index (χ1n) is 7.50. The molecule has 1 saturated heterocycles. The van der Waals surface area contributed by atoms with Crippen molar-refractivity contribution in [2.24, 2.45) is 7.05 Å². The maximum Gasteiger partial charge on any atom is 0.410 e. The Balaban J connectivity index is 2.08. The quantitative estimate of drug-likeness (QED) is 0.607. The van der Waals surface area contributed by atoms with E-state index < -0.39 is 10.5 Å². The number of hydrogen-bond acceptors (Lipinski definition) is 6. The summed E-state index contributed by atoms with van der Waals surface area (Å²) >= 11 is 0. The summed E-state index contributed by atoms with van der Waals surface area (Å²) in [5.74, 6) is 0.924. The number of carbonyl (C=O) groups excluding carboxylic acids is 1. The summed E-state index contributed by atoms with van der Waals surface area (Å²) in [5, 5.41) is 11.2. The van der Waals surface area contributed by atoms with Crippen LogP contribution in [0, 0.1) is 17.0 Å². The normalized spacial score (nSPS) is 15.7. The third-order valence-electron chi connectivity index (χ3n) is 3.67. The molecule has 0 bridgehead atoms. The zero-order valence-corrected chi connectivity index (χ0v) is 14.2. The first-order valence-corrected chi connectivity index (χ1v) is 7.50. The van der Waals surface area contributed by atoms with Gasteiger partial charge < -0.3 is 24.7 Å². The van der Waals surface area contributed by atoms with Crippen LogP contribution in [0.25, 0.3) is 0 Å². The highest BCUT2D eigenvalue weighted by Gasteiger charge is 2.32. The van der Waals surface area contributed by atoms with Gasteiger partial charge in [-0.15, -0.1) is 0 Å². The van der Waals surface area contributed by atoms with Crippen LogP contribution in [0.4, 0.5) is 16.4 Å². The molecule has 1 amide bonds. The second kappa shape index (κ2) is 6.05. The molecule has 0 aromatic carbocycles. The summed E-state index contributed by atoms with van der Waals surface area (Å²) < 4.78 is 7.06. The van der Waals surface area contributed by atoms with Gasteiger partial charge in [0.2, 0.25) is 11.6 Å². The molecule has 0 atom stereocenters. The van der Waals surface area contributed by atoms with E-state index in [0.717, 1.165) is 0 Å². The maximum atomic E-state index is 12.1. The van der Waals surface area contributed by atoms with Crippen molar-refractivity contribution < 1.29 is 14.5 Å². The number of rotatable bonds is 2. The molecule has 1 aromatic heterocycles. The van der Waals surface area contributed by atoms with Gasteiger partial charge in [-0.1, -0.05) is 0 Å². The van der Waals surface area contributed by atoms with Crippen LogP contribution in [-0.4, -0.2) is 57.2 Å². The molecule has 23 heavy (non-hydrogen) atoms. The van der Waals surface area contributed by atoms with Crippen LogP contribution in [0.2, 0.25) is 0 Å². The molecule has 0 spiro atoms. The van der Waals surface area contributed by atoms with Crippen molar-refractivity contribution in [3.05, 3.63) is 15.9 Å². The van der Waals surface area contributed by atoms with Gasteiger partial charge in [0.05, 0.1) is 0 Å². The number of carbonyl (C=O) groups is 1. The number of aromatic nitrogens is 2. The standard InChI is InChI=1S/C14H23N5O4/c1-10-15-11(19(21)22)12(16(10)5)17-6-8-18(9-7-17)13(20)23-14(2,3)4/h6-9H2,1-5H3. The molecule has 2 heterocycles. The smallest absolute Gasteiger partial charge is 0.410 e. The number of imidazole rings is 1. The Labute approximate surface area is 135 Å². The van der Waals surface area contributed by atoms with Crippen molar-refractivity contribution in [1.82, 2.24) is 14.5 Å². The van der Waals surface area contributed by atoms with Crippen molar-refractivity contribution in [3.63, 3.8) is 0 Å². The molecule has 0 unspecified atom stereocenters. The first kappa shape index (κ1) is 17.0. The van der Waals surface area contributed by atoms with Crippen molar-refractivity contribution in [3.8, 4) is 0 Å². The average Bonchev–Trinajstić information content (AvgIpc) is 2.73. The molecule has 1 fully saturated rings. The molecule has 1 aromatic rings. The minimum Gasteiger partial charge on any atom is -0.444 e. The summed E-state index contributed by atoms with van der Waals surface area (Å²) in [5.41, 5.74) is -0.536. The fraction of sp³-hybridized carbons (Fsp3) is 0.714. The van der Waals surface area contributed by atoms with Gasteiger partial charge in [0.25, 0.3) is 0 Å². The van der Waals surface area contributed by atoms with Crippen molar-refractivity contribution in [2.45, 2.75) is 33.3 Å². The Kier molecular flexibility index (Phi) is 4.49. The Bertz CT molecular complexity index is 611. The van der Waals surface area contributed by atoms with E-state index in [-0.39, 0.29) is 11.9 Å². The number of aryl methyl sites for hydroxylation is 1. The van der Waals surface area contributed by atoms with Gasteiger partial charge in [-0.2, -0.15) is 0 Å². The predicted molar refractivity (Wildman–Crippen MR) is 84.6 cm³/mol. The lowest BCUT2D eigenvalue weighted by Crippen LogP contribution is -2.50. The summed E-state index contributed by atoms with van der Waals surface area (Å²) in [7, 11) is 1.75. The number of piperazine rings is 1. The van der Waals surface area contributed by atoms with E-state index in [0.29, 0.717) is 37.8 Å². The van der Waals surface area contributed by atoms with Crippen LogP contribution in [0.1, 0.15) is 26.6 Å². The van der Waals surface area contributed by atoms with Crippen LogP contribution in [-0.2, 0) is 11.8 Å². The Morgan fingerprint density at radius 3 is 2.30 bits per heavy atom. The lowest BCUT2D eigenvalue weighted by Gasteiger charge is -2.36. The molecule has 0 N–H and O–H groups in total. The maximum absolute atomic E-state index is 12.1. The van der Waals surface area contributed by atoms with Crippen LogP contribution in [0.5, 0.6) is 0 Å². The molecular formula is C14H23N5O4. The molecule has 0 saturated carbocycles. The van der Waals surface area contributed by atoms with E-state index in [9.17, 15) is 14.9 Å². The highest BCUT2D eigenvalue weighted by molar-refractivity contribution is 5.69. The molecular weight excluding hydrogens is 302 g/mol. The van der Waals surface area contributed by atoms with E-state index in [1.54, 1.807) is 23.4 Å². The molecule has 1 aliphatic rings. The van der Waals surface area contributed by atoms with Gasteiger partial charge in [0.15, 0.2) is 0 Å². The largest absolute Gasteiger partial charge is 0.444 e. The highest BCUT2D eigenvalue weighted by atomic mass is 16.6. The Morgan fingerprint density at radius 2 is 1.83 bits per heavy atom. The summed E-state index contributed by atoms with van der Waals surface area (Å²) in [6.07, 6.45) is -0.354. The Hall–Kier alpha value is -2.32.